The molecule has 1 unspecified atom stereocenters. The van der Waals surface area contributed by atoms with E-state index in [9.17, 15) is 5.11 Å². The lowest BCUT2D eigenvalue weighted by atomic mass is 9.98. The van der Waals surface area contributed by atoms with Crippen molar-refractivity contribution >= 4 is 5.82 Å². The molecule has 0 amide bonds. The number of nitrogens with zero attached hydrogens (tertiary/aromatic N) is 3. The second-order valence-corrected chi connectivity index (χ2v) is 6.27. The number of benzene rings is 1. The van der Waals surface area contributed by atoms with Gasteiger partial charge in [0.25, 0.3) is 0 Å². The highest BCUT2D eigenvalue weighted by atomic mass is 16.3. The molecule has 3 aromatic rings. The van der Waals surface area contributed by atoms with E-state index in [0.29, 0.717) is 12.3 Å². The third kappa shape index (κ3) is 3.94. The summed E-state index contributed by atoms with van der Waals surface area (Å²) in [5.41, 5.74) is 4.59. The van der Waals surface area contributed by atoms with E-state index in [1.807, 2.05) is 56.4 Å². The number of rotatable bonds is 5. The first-order chi connectivity index (χ1) is 12.0. The molecule has 25 heavy (non-hydrogen) atoms. The fourth-order valence-corrected chi connectivity index (χ4v) is 2.68. The third-order valence-corrected chi connectivity index (χ3v) is 4.26. The standard InChI is InChI=1S/C20H22N4O/c1-13-5-4-6-17(20(13)25)14(2)10-22-19-9-18(23-12-24-19)16-8-7-15(3)21-11-16/h4-9,11-12,14,25H,10H2,1-3H3,(H,22,23,24). The highest BCUT2D eigenvalue weighted by Gasteiger charge is 2.12. The Morgan fingerprint density at radius 2 is 1.92 bits per heavy atom. The van der Waals surface area contributed by atoms with Gasteiger partial charge < -0.3 is 10.4 Å². The molecule has 0 aliphatic heterocycles. The highest BCUT2D eigenvalue weighted by molar-refractivity contribution is 5.61. The smallest absolute Gasteiger partial charge is 0.129 e. The zero-order chi connectivity index (χ0) is 17.8. The van der Waals surface area contributed by atoms with E-state index >= 15 is 0 Å². The fourth-order valence-electron chi connectivity index (χ4n) is 2.68. The molecule has 1 atom stereocenters. The van der Waals surface area contributed by atoms with Gasteiger partial charge in [-0.15, -0.1) is 0 Å². The number of aromatic hydroxyl groups is 1. The molecule has 0 radical (unpaired) electrons. The van der Waals surface area contributed by atoms with E-state index in [1.54, 1.807) is 6.33 Å². The first kappa shape index (κ1) is 16.9. The van der Waals surface area contributed by atoms with E-state index < -0.39 is 0 Å². The van der Waals surface area contributed by atoms with Crippen molar-refractivity contribution in [3.63, 3.8) is 0 Å². The molecule has 0 saturated carbocycles. The van der Waals surface area contributed by atoms with Crippen molar-refractivity contribution in [1.29, 1.82) is 0 Å². The van der Waals surface area contributed by atoms with Gasteiger partial charge in [0.2, 0.25) is 0 Å². The van der Waals surface area contributed by atoms with Gasteiger partial charge in [-0.3, -0.25) is 4.98 Å². The summed E-state index contributed by atoms with van der Waals surface area (Å²) in [6.45, 7) is 6.61. The summed E-state index contributed by atoms with van der Waals surface area (Å²) >= 11 is 0. The lowest BCUT2D eigenvalue weighted by Crippen LogP contribution is -2.11. The number of nitrogens with one attached hydrogen (secondary N) is 1. The van der Waals surface area contributed by atoms with Crippen molar-refractivity contribution in [3.8, 4) is 17.0 Å². The lowest BCUT2D eigenvalue weighted by Gasteiger charge is -2.16. The van der Waals surface area contributed by atoms with Gasteiger partial charge in [-0.25, -0.2) is 9.97 Å². The summed E-state index contributed by atoms with van der Waals surface area (Å²) in [4.78, 5) is 12.9. The van der Waals surface area contributed by atoms with Crippen LogP contribution in [0.15, 0.2) is 48.9 Å². The summed E-state index contributed by atoms with van der Waals surface area (Å²) in [6, 6.07) is 11.7. The molecular formula is C20H22N4O. The first-order valence-corrected chi connectivity index (χ1v) is 8.32. The van der Waals surface area contributed by atoms with Gasteiger partial charge >= 0.3 is 0 Å². The Morgan fingerprint density at radius 1 is 1.08 bits per heavy atom. The number of aromatic nitrogens is 3. The number of aryl methyl sites for hydroxylation is 2. The Bertz CT molecular complexity index is 862. The molecule has 5 nitrogen and oxygen atoms in total. The van der Waals surface area contributed by atoms with Crippen molar-refractivity contribution in [2.24, 2.45) is 0 Å². The Balaban J connectivity index is 1.72. The minimum absolute atomic E-state index is 0.152. The van der Waals surface area contributed by atoms with Gasteiger partial charge in [-0.1, -0.05) is 25.1 Å². The molecule has 0 bridgehead atoms. The van der Waals surface area contributed by atoms with Gasteiger partial charge in [0, 0.05) is 36.0 Å². The predicted octanol–water partition coefficient (Wildman–Crippen LogP) is 4.08. The molecule has 1 aromatic carbocycles. The summed E-state index contributed by atoms with van der Waals surface area (Å²) < 4.78 is 0. The van der Waals surface area contributed by atoms with Gasteiger partial charge in [-0.05, 0) is 37.1 Å². The fraction of sp³-hybridized carbons (Fsp3) is 0.250. The van der Waals surface area contributed by atoms with Crippen LogP contribution in [-0.2, 0) is 0 Å². The van der Waals surface area contributed by atoms with Crippen LogP contribution in [0.3, 0.4) is 0 Å². The Hall–Kier alpha value is -2.95. The molecular weight excluding hydrogens is 312 g/mol. The molecule has 0 aliphatic carbocycles. The summed E-state index contributed by atoms with van der Waals surface area (Å²) in [5, 5.41) is 13.5. The van der Waals surface area contributed by atoms with Crippen molar-refractivity contribution in [2.75, 3.05) is 11.9 Å². The maximum atomic E-state index is 10.2. The zero-order valence-electron chi connectivity index (χ0n) is 14.7. The summed E-state index contributed by atoms with van der Waals surface area (Å²) in [7, 11) is 0. The van der Waals surface area contributed by atoms with E-state index in [2.05, 4.69) is 27.2 Å². The Labute approximate surface area is 147 Å². The molecule has 2 heterocycles. The average molecular weight is 334 g/mol. The number of hydrogen-bond donors (Lipinski definition) is 2. The molecule has 3 rings (SSSR count). The molecule has 0 aliphatic rings. The number of anilines is 1. The molecule has 0 fully saturated rings. The van der Waals surface area contributed by atoms with Crippen LogP contribution in [0.5, 0.6) is 5.75 Å². The SMILES string of the molecule is Cc1ccc(-c2cc(NCC(C)c3cccc(C)c3O)ncn2)cn1. The first-order valence-electron chi connectivity index (χ1n) is 8.32. The van der Waals surface area contributed by atoms with Crippen molar-refractivity contribution in [1.82, 2.24) is 15.0 Å². The van der Waals surface area contributed by atoms with Gasteiger partial charge in [0.15, 0.2) is 0 Å². The van der Waals surface area contributed by atoms with Gasteiger partial charge in [0.05, 0.1) is 5.69 Å². The average Bonchev–Trinajstić information content (AvgIpc) is 2.63. The number of phenols is 1. The second kappa shape index (κ2) is 7.30. The maximum Gasteiger partial charge on any atom is 0.129 e. The monoisotopic (exact) mass is 334 g/mol. The number of hydrogen-bond acceptors (Lipinski definition) is 5. The molecule has 2 N–H and O–H groups in total. The minimum atomic E-state index is 0.152. The van der Waals surface area contributed by atoms with Crippen molar-refractivity contribution in [2.45, 2.75) is 26.7 Å². The van der Waals surface area contributed by atoms with Crippen molar-refractivity contribution in [3.05, 3.63) is 65.7 Å². The van der Waals surface area contributed by atoms with Crippen LogP contribution in [0.4, 0.5) is 5.82 Å². The quantitative estimate of drug-likeness (QED) is 0.736. The molecule has 5 heteroatoms. The van der Waals surface area contributed by atoms with E-state index in [1.165, 1.54) is 0 Å². The van der Waals surface area contributed by atoms with Crippen LogP contribution >= 0.6 is 0 Å². The number of phenolic OH excluding ortho intramolecular Hbond substituents is 1. The lowest BCUT2D eigenvalue weighted by molar-refractivity contribution is 0.460. The largest absolute Gasteiger partial charge is 0.507 e. The summed E-state index contributed by atoms with van der Waals surface area (Å²) in [6.07, 6.45) is 3.36. The predicted molar refractivity (Wildman–Crippen MR) is 99.7 cm³/mol. The normalized spacial score (nSPS) is 12.0. The van der Waals surface area contributed by atoms with E-state index in [0.717, 1.165) is 33.9 Å². The van der Waals surface area contributed by atoms with Crippen LogP contribution in [0.2, 0.25) is 0 Å². The van der Waals surface area contributed by atoms with Gasteiger partial charge in [-0.2, -0.15) is 0 Å². The Morgan fingerprint density at radius 3 is 2.68 bits per heavy atom. The molecule has 2 aromatic heterocycles. The minimum Gasteiger partial charge on any atom is -0.507 e. The number of para-hydroxylation sites is 1. The van der Waals surface area contributed by atoms with Crippen LogP contribution in [0.1, 0.15) is 29.7 Å². The van der Waals surface area contributed by atoms with Crippen molar-refractivity contribution < 1.29 is 5.11 Å². The van der Waals surface area contributed by atoms with E-state index in [-0.39, 0.29) is 5.92 Å². The van der Waals surface area contributed by atoms with Crippen LogP contribution in [0, 0.1) is 13.8 Å². The molecule has 0 saturated heterocycles. The number of pyridine rings is 1. The Kier molecular flexibility index (Phi) is 4.93. The van der Waals surface area contributed by atoms with Crippen LogP contribution in [-0.4, -0.2) is 26.6 Å². The summed E-state index contributed by atoms with van der Waals surface area (Å²) in [5.74, 6) is 1.27. The van der Waals surface area contributed by atoms with Gasteiger partial charge in [0.1, 0.15) is 17.9 Å². The van der Waals surface area contributed by atoms with Crippen LogP contribution < -0.4 is 5.32 Å². The molecule has 0 spiro atoms. The highest BCUT2D eigenvalue weighted by Crippen LogP contribution is 2.28. The molecule has 128 valence electrons. The third-order valence-electron chi connectivity index (χ3n) is 4.26. The van der Waals surface area contributed by atoms with E-state index in [4.69, 9.17) is 0 Å². The maximum absolute atomic E-state index is 10.2. The topological polar surface area (TPSA) is 70.9 Å². The second-order valence-electron chi connectivity index (χ2n) is 6.27. The zero-order valence-corrected chi connectivity index (χ0v) is 14.7. The van der Waals surface area contributed by atoms with Crippen LogP contribution in [0.25, 0.3) is 11.3 Å².